The molecule has 4 aromatic rings. The van der Waals surface area contributed by atoms with Gasteiger partial charge in [-0.2, -0.15) is 5.10 Å². The van der Waals surface area contributed by atoms with Gasteiger partial charge in [-0.1, -0.05) is 0 Å². The highest BCUT2D eigenvalue weighted by Gasteiger charge is 2.17. The first-order valence-electron chi connectivity index (χ1n) is 7.85. The number of nitrogens with zero attached hydrogens (tertiary/aromatic N) is 5. The van der Waals surface area contributed by atoms with Crippen molar-refractivity contribution < 1.29 is 4.92 Å². The Labute approximate surface area is 156 Å². The average molecular weight is 382 g/mol. The monoisotopic (exact) mass is 382 g/mol. The molecule has 0 aliphatic carbocycles. The van der Waals surface area contributed by atoms with Crippen LogP contribution >= 0.6 is 11.8 Å². The summed E-state index contributed by atoms with van der Waals surface area (Å²) >= 11 is 1.32. The molecule has 1 aromatic carbocycles. The van der Waals surface area contributed by atoms with Crippen LogP contribution in [0.5, 0.6) is 0 Å². The minimum atomic E-state index is -0.468. The van der Waals surface area contributed by atoms with Gasteiger partial charge in [-0.15, -0.1) is 5.10 Å². The van der Waals surface area contributed by atoms with Crippen LogP contribution in [-0.2, 0) is 0 Å². The molecule has 0 saturated carbocycles. The van der Waals surface area contributed by atoms with E-state index in [-0.39, 0.29) is 5.69 Å². The number of rotatable bonds is 5. The number of benzene rings is 1. The summed E-state index contributed by atoms with van der Waals surface area (Å²) in [6, 6.07) is 10.5. The number of aryl methyl sites for hydroxylation is 1. The van der Waals surface area contributed by atoms with Crippen molar-refractivity contribution in [3.63, 3.8) is 0 Å². The Morgan fingerprint density at radius 1 is 1.30 bits per heavy atom. The SMILES string of the molecule is Cc1cc(Nc2nc(Sc3ccc(N)cc3)nn3cc([N+](=O)[O-])cc23)n[nH]1. The van der Waals surface area contributed by atoms with Crippen LogP contribution < -0.4 is 11.1 Å². The van der Waals surface area contributed by atoms with Gasteiger partial charge in [0.25, 0.3) is 5.69 Å². The van der Waals surface area contributed by atoms with Crippen molar-refractivity contribution in [1.82, 2.24) is 24.8 Å². The van der Waals surface area contributed by atoms with Crippen LogP contribution in [0.2, 0.25) is 0 Å². The quantitative estimate of drug-likeness (QED) is 0.272. The predicted octanol–water partition coefficient (Wildman–Crippen LogP) is 3.15. The number of aromatic amines is 1. The lowest BCUT2D eigenvalue weighted by Crippen LogP contribution is -2.02. The zero-order valence-electron chi connectivity index (χ0n) is 14.1. The molecule has 0 aliphatic rings. The van der Waals surface area contributed by atoms with Crippen LogP contribution in [0.4, 0.5) is 23.0 Å². The van der Waals surface area contributed by atoms with Gasteiger partial charge in [0.15, 0.2) is 11.6 Å². The highest BCUT2D eigenvalue weighted by Crippen LogP contribution is 2.30. The smallest absolute Gasteiger partial charge is 0.289 e. The zero-order chi connectivity index (χ0) is 19.0. The summed E-state index contributed by atoms with van der Waals surface area (Å²) in [6.07, 6.45) is 1.35. The second-order valence-electron chi connectivity index (χ2n) is 5.76. The summed E-state index contributed by atoms with van der Waals surface area (Å²) in [5.74, 6) is 0.975. The minimum absolute atomic E-state index is 0.0693. The number of hydrogen-bond donors (Lipinski definition) is 3. The molecule has 0 saturated heterocycles. The van der Waals surface area contributed by atoms with Gasteiger partial charge in [0, 0.05) is 28.4 Å². The fraction of sp³-hybridized carbons (Fsp3) is 0.0625. The Balaban J connectivity index is 1.77. The second-order valence-corrected chi connectivity index (χ2v) is 6.80. The molecule has 0 bridgehead atoms. The Bertz CT molecular complexity index is 1140. The molecule has 4 rings (SSSR count). The molecule has 0 unspecified atom stereocenters. The first kappa shape index (κ1) is 16.8. The number of anilines is 3. The minimum Gasteiger partial charge on any atom is -0.399 e. The number of nitro groups is 1. The highest BCUT2D eigenvalue weighted by atomic mass is 32.2. The number of fused-ring (bicyclic) bond motifs is 1. The molecule has 0 aliphatic heterocycles. The Morgan fingerprint density at radius 2 is 2.07 bits per heavy atom. The Hall–Kier alpha value is -3.60. The van der Waals surface area contributed by atoms with Crippen molar-refractivity contribution in [2.24, 2.45) is 0 Å². The lowest BCUT2D eigenvalue weighted by molar-refractivity contribution is -0.384. The van der Waals surface area contributed by atoms with E-state index in [1.165, 1.54) is 28.5 Å². The van der Waals surface area contributed by atoms with Crippen LogP contribution in [0.1, 0.15) is 5.69 Å². The third-order valence-electron chi connectivity index (χ3n) is 3.68. The van der Waals surface area contributed by atoms with Crippen molar-refractivity contribution in [1.29, 1.82) is 0 Å². The van der Waals surface area contributed by atoms with E-state index < -0.39 is 4.92 Å². The van der Waals surface area contributed by atoms with Gasteiger partial charge < -0.3 is 11.1 Å². The lowest BCUT2D eigenvalue weighted by Gasteiger charge is -2.07. The van der Waals surface area contributed by atoms with Gasteiger partial charge in [-0.3, -0.25) is 15.2 Å². The summed E-state index contributed by atoms with van der Waals surface area (Å²) < 4.78 is 1.44. The Morgan fingerprint density at radius 3 is 2.74 bits per heavy atom. The third kappa shape index (κ3) is 3.53. The summed E-state index contributed by atoms with van der Waals surface area (Å²) in [5, 5.41) is 26.0. The molecule has 0 spiro atoms. The number of aromatic nitrogens is 5. The van der Waals surface area contributed by atoms with Crippen LogP contribution in [0, 0.1) is 17.0 Å². The predicted molar refractivity (Wildman–Crippen MR) is 101 cm³/mol. The first-order valence-corrected chi connectivity index (χ1v) is 8.67. The van der Waals surface area contributed by atoms with E-state index >= 15 is 0 Å². The first-order chi connectivity index (χ1) is 13.0. The molecule has 27 heavy (non-hydrogen) atoms. The van der Waals surface area contributed by atoms with Crippen molar-refractivity contribution in [3.8, 4) is 0 Å². The van der Waals surface area contributed by atoms with Gasteiger partial charge in [0.1, 0.15) is 11.7 Å². The molecule has 3 aromatic heterocycles. The number of H-pyrrole nitrogens is 1. The molecule has 4 N–H and O–H groups in total. The second kappa shape index (κ2) is 6.61. The number of nitrogens with two attached hydrogens (primary N) is 1. The van der Waals surface area contributed by atoms with E-state index in [0.29, 0.717) is 28.0 Å². The average Bonchev–Trinajstić information content (AvgIpc) is 3.23. The van der Waals surface area contributed by atoms with Gasteiger partial charge in [0.2, 0.25) is 5.16 Å². The summed E-state index contributed by atoms with van der Waals surface area (Å²) in [5.41, 5.74) is 7.65. The third-order valence-corrected chi connectivity index (χ3v) is 4.55. The van der Waals surface area contributed by atoms with Crippen molar-refractivity contribution in [3.05, 3.63) is 58.4 Å². The van der Waals surface area contributed by atoms with Crippen LogP contribution in [-0.4, -0.2) is 29.7 Å². The molecule has 0 radical (unpaired) electrons. The number of hydrogen-bond acceptors (Lipinski definition) is 8. The van der Waals surface area contributed by atoms with E-state index in [0.717, 1.165) is 10.6 Å². The molecule has 11 heteroatoms. The summed E-state index contributed by atoms with van der Waals surface area (Å²) in [7, 11) is 0. The number of nitrogens with one attached hydrogen (secondary N) is 2. The Kier molecular flexibility index (Phi) is 4.12. The molecule has 10 nitrogen and oxygen atoms in total. The molecular formula is C16H14N8O2S. The fourth-order valence-electron chi connectivity index (χ4n) is 2.45. The van der Waals surface area contributed by atoms with Crippen molar-refractivity contribution in [2.45, 2.75) is 17.0 Å². The lowest BCUT2D eigenvalue weighted by atomic mass is 10.3. The maximum atomic E-state index is 11.1. The van der Waals surface area contributed by atoms with Crippen LogP contribution in [0.15, 0.2) is 52.6 Å². The highest BCUT2D eigenvalue weighted by molar-refractivity contribution is 7.99. The molecule has 0 amide bonds. The topological polar surface area (TPSA) is 140 Å². The van der Waals surface area contributed by atoms with E-state index in [2.05, 4.69) is 25.6 Å². The van der Waals surface area contributed by atoms with E-state index in [1.807, 2.05) is 25.1 Å². The van der Waals surface area contributed by atoms with Gasteiger partial charge in [-0.05, 0) is 43.0 Å². The number of nitrogen functional groups attached to an aromatic ring is 1. The molecule has 0 fully saturated rings. The maximum absolute atomic E-state index is 11.1. The van der Waals surface area contributed by atoms with E-state index in [9.17, 15) is 10.1 Å². The van der Waals surface area contributed by atoms with Crippen LogP contribution in [0.3, 0.4) is 0 Å². The standard InChI is InChI=1S/C16H14N8O2S/c1-9-6-14(21-20-9)18-15-13-7-11(24(25)26)8-23(13)22-16(19-15)27-12-4-2-10(17)3-5-12/h2-8H,17H2,1H3,(H2,18,19,20,21,22). The normalized spacial score (nSPS) is 11.0. The summed E-state index contributed by atoms with van der Waals surface area (Å²) in [4.78, 5) is 16.1. The van der Waals surface area contributed by atoms with E-state index in [1.54, 1.807) is 12.1 Å². The van der Waals surface area contributed by atoms with E-state index in [4.69, 9.17) is 5.73 Å². The van der Waals surface area contributed by atoms with Gasteiger partial charge in [-0.25, -0.2) is 9.50 Å². The summed E-state index contributed by atoms with van der Waals surface area (Å²) in [6.45, 7) is 1.87. The van der Waals surface area contributed by atoms with Gasteiger partial charge >= 0.3 is 0 Å². The molecule has 136 valence electrons. The van der Waals surface area contributed by atoms with Gasteiger partial charge in [0.05, 0.1) is 4.92 Å². The molecule has 0 atom stereocenters. The molecule has 3 heterocycles. The van der Waals surface area contributed by atoms with Crippen LogP contribution in [0.25, 0.3) is 5.52 Å². The fourth-order valence-corrected chi connectivity index (χ4v) is 3.19. The largest absolute Gasteiger partial charge is 0.399 e. The van der Waals surface area contributed by atoms with Crippen molar-refractivity contribution >= 4 is 40.3 Å². The zero-order valence-corrected chi connectivity index (χ0v) is 14.9. The van der Waals surface area contributed by atoms with Crippen molar-refractivity contribution in [2.75, 3.05) is 11.1 Å². The maximum Gasteiger partial charge on any atom is 0.289 e. The molecular weight excluding hydrogens is 368 g/mol.